The Morgan fingerprint density at radius 1 is 1.15 bits per heavy atom. The van der Waals surface area contributed by atoms with Gasteiger partial charge in [-0.2, -0.15) is 0 Å². The van der Waals surface area contributed by atoms with Crippen molar-refractivity contribution in [1.82, 2.24) is 10.2 Å². The van der Waals surface area contributed by atoms with E-state index < -0.39 is 27.8 Å². The van der Waals surface area contributed by atoms with Gasteiger partial charge in [-0.3, -0.25) is 14.0 Å². The van der Waals surface area contributed by atoms with E-state index >= 15 is 0 Å². The van der Waals surface area contributed by atoms with Gasteiger partial charge in [0.15, 0.2) is 0 Å². The van der Waals surface area contributed by atoms with Crippen molar-refractivity contribution in [2.24, 2.45) is 0 Å². The van der Waals surface area contributed by atoms with Crippen molar-refractivity contribution in [3.8, 4) is 0 Å². The molecule has 1 aliphatic heterocycles. The normalized spacial score (nSPS) is 15.3. The Bertz CT molecular complexity index is 1060. The average molecular weight is 534 g/mol. The van der Waals surface area contributed by atoms with Crippen molar-refractivity contribution < 1.29 is 22.3 Å². The molecule has 11 heteroatoms. The fraction of sp³-hybridized carbons (Fsp3) is 0.435. The third kappa shape index (κ3) is 7.05. The van der Waals surface area contributed by atoms with E-state index in [0.29, 0.717) is 31.2 Å². The molecule has 1 fully saturated rings. The SMILES string of the molecule is C.C[C@H](C(=O)NCCCN1CCOCC1)N(c1cc(Cl)ccc1F)S(=O)(=O)c1ccc(Cl)cc1. The van der Waals surface area contributed by atoms with E-state index in [2.05, 4.69) is 10.2 Å². The summed E-state index contributed by atoms with van der Waals surface area (Å²) < 4.78 is 47.7. The molecule has 1 saturated heterocycles. The molecule has 0 aliphatic carbocycles. The lowest BCUT2D eigenvalue weighted by molar-refractivity contribution is -0.121. The van der Waals surface area contributed by atoms with Crippen molar-refractivity contribution in [3.05, 3.63) is 58.3 Å². The summed E-state index contributed by atoms with van der Waals surface area (Å²) in [5.41, 5.74) is -0.312. The number of halogens is 3. The second-order valence-corrected chi connectivity index (χ2v) is 10.3. The number of hydrogen-bond acceptors (Lipinski definition) is 5. The Labute approximate surface area is 210 Å². The number of benzene rings is 2. The lowest BCUT2D eigenvalue weighted by Crippen LogP contribution is -2.49. The van der Waals surface area contributed by atoms with Crippen LogP contribution in [0.25, 0.3) is 0 Å². The van der Waals surface area contributed by atoms with Gasteiger partial charge >= 0.3 is 0 Å². The summed E-state index contributed by atoms with van der Waals surface area (Å²) in [4.78, 5) is 15.0. The number of nitrogens with zero attached hydrogens (tertiary/aromatic N) is 2. The maximum atomic E-state index is 14.7. The van der Waals surface area contributed by atoms with E-state index in [0.717, 1.165) is 30.0 Å². The minimum Gasteiger partial charge on any atom is -0.379 e. The van der Waals surface area contributed by atoms with E-state index in [-0.39, 0.29) is 23.0 Å². The Morgan fingerprint density at radius 2 is 1.76 bits per heavy atom. The number of ether oxygens (including phenoxy) is 1. The predicted molar refractivity (Wildman–Crippen MR) is 134 cm³/mol. The van der Waals surface area contributed by atoms with Gasteiger partial charge in [-0.1, -0.05) is 30.6 Å². The van der Waals surface area contributed by atoms with Gasteiger partial charge in [0, 0.05) is 29.7 Å². The fourth-order valence-electron chi connectivity index (χ4n) is 3.51. The van der Waals surface area contributed by atoms with Crippen LogP contribution in [0, 0.1) is 5.82 Å². The Balaban J connectivity index is 0.00000408. The number of morpholine rings is 1. The van der Waals surface area contributed by atoms with Crippen LogP contribution in [0.2, 0.25) is 10.0 Å². The Hall–Kier alpha value is -1.91. The molecule has 3 rings (SSSR count). The highest BCUT2D eigenvalue weighted by Gasteiger charge is 2.35. The van der Waals surface area contributed by atoms with E-state index in [4.69, 9.17) is 27.9 Å². The minimum absolute atomic E-state index is 0. The number of rotatable bonds is 9. The van der Waals surface area contributed by atoms with E-state index in [9.17, 15) is 17.6 Å². The summed E-state index contributed by atoms with van der Waals surface area (Å²) >= 11 is 11.9. The van der Waals surface area contributed by atoms with Crippen molar-refractivity contribution in [2.45, 2.75) is 31.7 Å². The first-order valence-electron chi connectivity index (χ1n) is 10.5. The topological polar surface area (TPSA) is 79.0 Å². The highest BCUT2D eigenvalue weighted by Crippen LogP contribution is 2.31. The molecule has 0 saturated carbocycles. The molecule has 2 aromatic rings. The Kier molecular flexibility index (Phi) is 10.6. The molecule has 1 N–H and O–H groups in total. The number of nitrogens with one attached hydrogen (secondary N) is 1. The van der Waals surface area contributed by atoms with Crippen LogP contribution in [0.3, 0.4) is 0 Å². The summed E-state index contributed by atoms with van der Waals surface area (Å²) in [7, 11) is -4.31. The number of hydrogen-bond donors (Lipinski definition) is 1. The molecule has 7 nitrogen and oxygen atoms in total. The first-order chi connectivity index (χ1) is 15.7. The monoisotopic (exact) mass is 533 g/mol. The summed E-state index contributed by atoms with van der Waals surface area (Å²) in [6, 6.07) is 7.77. The first-order valence-corrected chi connectivity index (χ1v) is 12.7. The Morgan fingerprint density at radius 3 is 2.41 bits per heavy atom. The van der Waals surface area contributed by atoms with Gasteiger partial charge in [0.1, 0.15) is 11.9 Å². The van der Waals surface area contributed by atoms with E-state index in [1.54, 1.807) is 0 Å². The first kappa shape index (κ1) is 28.3. The van der Waals surface area contributed by atoms with Crippen molar-refractivity contribution in [1.29, 1.82) is 0 Å². The van der Waals surface area contributed by atoms with Crippen LogP contribution in [0.15, 0.2) is 47.4 Å². The molecule has 1 atom stereocenters. The number of carbonyl (C=O) groups excluding carboxylic acids is 1. The molecular formula is C23H30Cl2FN3O4S. The molecule has 0 bridgehead atoms. The molecule has 0 aromatic heterocycles. The molecule has 1 heterocycles. The zero-order valence-corrected chi connectivity index (χ0v) is 20.5. The molecule has 0 unspecified atom stereocenters. The van der Waals surface area contributed by atoms with Gasteiger partial charge in [-0.25, -0.2) is 12.8 Å². The van der Waals surface area contributed by atoms with E-state index in [1.807, 2.05) is 0 Å². The van der Waals surface area contributed by atoms with Gasteiger partial charge in [-0.05, 0) is 62.4 Å². The molecule has 1 aliphatic rings. The highest BCUT2D eigenvalue weighted by molar-refractivity contribution is 7.93. The summed E-state index contributed by atoms with van der Waals surface area (Å²) in [6.07, 6.45) is 0.688. The molecule has 188 valence electrons. The maximum Gasteiger partial charge on any atom is 0.265 e. The number of anilines is 1. The predicted octanol–water partition coefficient (Wildman–Crippen LogP) is 4.19. The zero-order valence-electron chi connectivity index (χ0n) is 18.1. The molecule has 2 aromatic carbocycles. The number of carbonyl (C=O) groups is 1. The van der Waals surface area contributed by atoms with Gasteiger partial charge in [0.25, 0.3) is 10.0 Å². The van der Waals surface area contributed by atoms with Crippen molar-refractivity contribution >= 4 is 44.8 Å². The van der Waals surface area contributed by atoms with Crippen LogP contribution in [-0.2, 0) is 19.6 Å². The smallest absolute Gasteiger partial charge is 0.265 e. The van der Waals surface area contributed by atoms with Gasteiger partial charge in [-0.15, -0.1) is 0 Å². The third-order valence-electron chi connectivity index (χ3n) is 5.30. The number of sulfonamides is 1. The average Bonchev–Trinajstić information content (AvgIpc) is 2.79. The fourth-order valence-corrected chi connectivity index (χ4v) is 5.42. The summed E-state index contributed by atoms with van der Waals surface area (Å²) in [5, 5.41) is 3.25. The molecule has 1 amide bonds. The molecule has 0 spiro atoms. The van der Waals surface area contributed by atoms with Crippen LogP contribution in [0.1, 0.15) is 20.8 Å². The molecule has 0 radical (unpaired) electrons. The van der Waals surface area contributed by atoms with Gasteiger partial charge in [0.05, 0.1) is 23.8 Å². The van der Waals surface area contributed by atoms with Crippen LogP contribution in [-0.4, -0.2) is 64.7 Å². The summed E-state index contributed by atoms with van der Waals surface area (Å²) in [5.74, 6) is -1.36. The van der Waals surface area contributed by atoms with Crippen LogP contribution in [0.5, 0.6) is 0 Å². The van der Waals surface area contributed by atoms with Crippen molar-refractivity contribution in [3.63, 3.8) is 0 Å². The number of amides is 1. The van der Waals surface area contributed by atoms with Crippen LogP contribution < -0.4 is 9.62 Å². The third-order valence-corrected chi connectivity index (χ3v) is 7.69. The molecule has 34 heavy (non-hydrogen) atoms. The standard InChI is InChI=1S/C22H26Cl2FN3O4S.CH4/c1-16(22(29)26-9-2-10-27-11-13-32-14-12-27)28(21-15-18(24)5-8-20(21)25)33(30,31)19-6-3-17(23)4-7-19;/h3-8,15-16H,2,9-14H2,1H3,(H,26,29);1H4/t16-;/m1./s1. The van der Waals surface area contributed by atoms with Gasteiger partial charge in [0.2, 0.25) is 5.91 Å². The van der Waals surface area contributed by atoms with Crippen molar-refractivity contribution in [2.75, 3.05) is 43.7 Å². The highest BCUT2D eigenvalue weighted by atomic mass is 35.5. The lowest BCUT2D eigenvalue weighted by atomic mass is 10.2. The van der Waals surface area contributed by atoms with Crippen LogP contribution in [0.4, 0.5) is 10.1 Å². The maximum absolute atomic E-state index is 14.7. The zero-order chi connectivity index (χ0) is 24.0. The largest absolute Gasteiger partial charge is 0.379 e. The molecular weight excluding hydrogens is 504 g/mol. The second kappa shape index (κ2) is 12.7. The summed E-state index contributed by atoms with van der Waals surface area (Å²) in [6.45, 7) is 5.60. The quantitative estimate of drug-likeness (QED) is 0.489. The van der Waals surface area contributed by atoms with Gasteiger partial charge < -0.3 is 10.1 Å². The second-order valence-electron chi connectivity index (χ2n) is 7.63. The lowest BCUT2D eigenvalue weighted by Gasteiger charge is -2.30. The van der Waals surface area contributed by atoms with Crippen LogP contribution >= 0.6 is 23.2 Å². The van der Waals surface area contributed by atoms with E-state index in [1.165, 1.54) is 43.3 Å². The minimum atomic E-state index is -4.31.